The van der Waals surface area contributed by atoms with Gasteiger partial charge in [-0.05, 0) is 47.9 Å². The van der Waals surface area contributed by atoms with Crippen LogP contribution in [0, 0.1) is 0 Å². The van der Waals surface area contributed by atoms with Gasteiger partial charge in [-0.15, -0.1) is 0 Å². The monoisotopic (exact) mass is 392 g/mol. The summed E-state index contributed by atoms with van der Waals surface area (Å²) in [6.07, 6.45) is 3.97. The Hall–Kier alpha value is -2.72. The minimum atomic E-state index is -0.916. The molecule has 0 aliphatic rings. The molecule has 3 nitrogen and oxygen atoms in total. The van der Waals surface area contributed by atoms with E-state index >= 15 is 0 Å². The van der Waals surface area contributed by atoms with Crippen molar-refractivity contribution in [3.63, 3.8) is 0 Å². The SMILES string of the molecule is CSCc1cccc(CCc2ccccc2)c1OCc1ccc(C(=O)O)cc1. The second kappa shape index (κ2) is 10.00. The summed E-state index contributed by atoms with van der Waals surface area (Å²) in [6.45, 7) is 0.420. The van der Waals surface area contributed by atoms with Crippen LogP contribution in [0.3, 0.4) is 0 Å². The number of carboxylic acids is 1. The van der Waals surface area contributed by atoms with E-state index in [1.165, 1.54) is 16.7 Å². The number of hydrogen-bond donors (Lipinski definition) is 1. The largest absolute Gasteiger partial charge is 0.488 e. The van der Waals surface area contributed by atoms with Gasteiger partial charge in [0.25, 0.3) is 0 Å². The summed E-state index contributed by atoms with van der Waals surface area (Å²) in [5, 5.41) is 9.03. The van der Waals surface area contributed by atoms with Gasteiger partial charge in [0.2, 0.25) is 0 Å². The molecule has 0 fully saturated rings. The van der Waals surface area contributed by atoms with Gasteiger partial charge in [-0.25, -0.2) is 4.79 Å². The van der Waals surface area contributed by atoms with Crippen LogP contribution in [0.15, 0.2) is 72.8 Å². The first-order valence-corrected chi connectivity index (χ1v) is 10.7. The highest BCUT2D eigenvalue weighted by atomic mass is 32.2. The van der Waals surface area contributed by atoms with E-state index in [0.717, 1.165) is 29.9 Å². The quantitative estimate of drug-likeness (QED) is 0.514. The Morgan fingerprint density at radius 2 is 1.57 bits per heavy atom. The van der Waals surface area contributed by atoms with Gasteiger partial charge in [-0.3, -0.25) is 0 Å². The van der Waals surface area contributed by atoms with Crippen molar-refractivity contribution in [1.29, 1.82) is 0 Å². The number of thioether (sulfide) groups is 1. The standard InChI is InChI=1S/C24H24O3S/c1-28-17-22-9-5-8-20(13-10-18-6-3-2-4-7-18)23(22)27-16-19-11-14-21(15-12-19)24(25)26/h2-9,11-12,14-15H,10,13,16-17H2,1H3,(H,25,26). The summed E-state index contributed by atoms with van der Waals surface area (Å²) in [6, 6.07) is 23.7. The van der Waals surface area contributed by atoms with E-state index in [-0.39, 0.29) is 5.56 Å². The maximum Gasteiger partial charge on any atom is 0.335 e. The fourth-order valence-electron chi connectivity index (χ4n) is 3.11. The normalized spacial score (nSPS) is 10.6. The van der Waals surface area contributed by atoms with Crippen molar-refractivity contribution in [3.8, 4) is 5.75 Å². The van der Waals surface area contributed by atoms with Gasteiger partial charge in [0.1, 0.15) is 12.4 Å². The molecule has 3 aromatic rings. The lowest BCUT2D eigenvalue weighted by molar-refractivity contribution is 0.0697. The lowest BCUT2D eigenvalue weighted by Crippen LogP contribution is -2.04. The third-order valence-electron chi connectivity index (χ3n) is 4.59. The average Bonchev–Trinajstić information content (AvgIpc) is 2.73. The molecule has 0 saturated heterocycles. The fourth-order valence-corrected chi connectivity index (χ4v) is 3.65. The van der Waals surface area contributed by atoms with Crippen molar-refractivity contribution in [2.24, 2.45) is 0 Å². The number of benzene rings is 3. The van der Waals surface area contributed by atoms with Crippen molar-refractivity contribution in [3.05, 3.63) is 101 Å². The Morgan fingerprint density at radius 3 is 2.25 bits per heavy atom. The third-order valence-corrected chi connectivity index (χ3v) is 5.19. The van der Waals surface area contributed by atoms with Crippen LogP contribution in [0.4, 0.5) is 0 Å². The van der Waals surface area contributed by atoms with Crippen molar-refractivity contribution in [2.75, 3.05) is 6.26 Å². The molecule has 0 heterocycles. The molecule has 0 atom stereocenters. The predicted octanol–water partition coefficient (Wildman–Crippen LogP) is 5.61. The summed E-state index contributed by atoms with van der Waals surface area (Å²) in [5.41, 5.74) is 4.96. The summed E-state index contributed by atoms with van der Waals surface area (Å²) < 4.78 is 6.23. The Kier molecular flexibility index (Phi) is 7.15. The van der Waals surface area contributed by atoms with Gasteiger partial charge in [-0.2, -0.15) is 11.8 Å². The van der Waals surface area contributed by atoms with Crippen LogP contribution in [0.5, 0.6) is 5.75 Å². The number of aryl methyl sites for hydroxylation is 2. The highest BCUT2D eigenvalue weighted by molar-refractivity contribution is 7.97. The molecular formula is C24H24O3S. The third kappa shape index (κ3) is 5.40. The van der Waals surface area contributed by atoms with Crippen LogP contribution in [-0.4, -0.2) is 17.3 Å². The highest BCUT2D eigenvalue weighted by Crippen LogP contribution is 2.29. The van der Waals surface area contributed by atoms with Gasteiger partial charge in [0, 0.05) is 11.3 Å². The van der Waals surface area contributed by atoms with Gasteiger partial charge in [0.05, 0.1) is 5.56 Å². The minimum Gasteiger partial charge on any atom is -0.488 e. The molecule has 0 amide bonds. The fraction of sp³-hybridized carbons (Fsp3) is 0.208. The molecule has 0 unspecified atom stereocenters. The molecule has 0 aliphatic carbocycles. The summed E-state index contributed by atoms with van der Waals surface area (Å²) in [7, 11) is 0. The Morgan fingerprint density at radius 1 is 0.857 bits per heavy atom. The topological polar surface area (TPSA) is 46.5 Å². The smallest absolute Gasteiger partial charge is 0.335 e. The van der Waals surface area contributed by atoms with Gasteiger partial charge in [0.15, 0.2) is 0 Å². The first kappa shape index (κ1) is 20.0. The van der Waals surface area contributed by atoms with Crippen LogP contribution in [0.1, 0.15) is 32.6 Å². The lowest BCUT2D eigenvalue weighted by atomic mass is 10.0. The number of hydrogen-bond acceptors (Lipinski definition) is 3. The first-order valence-electron chi connectivity index (χ1n) is 9.26. The minimum absolute atomic E-state index is 0.287. The van der Waals surface area contributed by atoms with E-state index in [4.69, 9.17) is 9.84 Å². The number of rotatable bonds is 9. The van der Waals surface area contributed by atoms with Crippen LogP contribution >= 0.6 is 11.8 Å². The molecule has 0 bridgehead atoms. The molecule has 0 aliphatic heterocycles. The van der Waals surface area contributed by atoms with Crippen molar-refractivity contribution < 1.29 is 14.6 Å². The van der Waals surface area contributed by atoms with Crippen LogP contribution < -0.4 is 4.74 Å². The Bertz CT molecular complexity index is 905. The lowest BCUT2D eigenvalue weighted by Gasteiger charge is -2.16. The van der Waals surface area contributed by atoms with Gasteiger partial charge < -0.3 is 9.84 Å². The molecule has 4 heteroatoms. The zero-order chi connectivity index (χ0) is 19.8. The van der Waals surface area contributed by atoms with Crippen LogP contribution in [0.25, 0.3) is 0 Å². The summed E-state index contributed by atoms with van der Waals surface area (Å²) in [4.78, 5) is 11.0. The molecular weight excluding hydrogens is 368 g/mol. The van der Waals surface area contributed by atoms with Crippen molar-refractivity contribution in [2.45, 2.75) is 25.2 Å². The number of ether oxygens (including phenoxy) is 1. The van der Waals surface area contributed by atoms with Crippen molar-refractivity contribution in [1.82, 2.24) is 0 Å². The van der Waals surface area contributed by atoms with E-state index in [0.29, 0.717) is 6.61 Å². The van der Waals surface area contributed by atoms with Crippen LogP contribution in [0.2, 0.25) is 0 Å². The maximum absolute atomic E-state index is 11.0. The van der Waals surface area contributed by atoms with E-state index < -0.39 is 5.97 Å². The van der Waals surface area contributed by atoms with E-state index in [2.05, 4.69) is 48.7 Å². The predicted molar refractivity (Wildman–Crippen MR) is 115 cm³/mol. The first-order chi connectivity index (χ1) is 13.7. The Balaban J connectivity index is 1.76. The zero-order valence-electron chi connectivity index (χ0n) is 15.9. The molecule has 1 N–H and O–H groups in total. The highest BCUT2D eigenvalue weighted by Gasteiger charge is 2.11. The molecule has 0 saturated carbocycles. The molecule has 0 radical (unpaired) electrons. The number of carbonyl (C=O) groups is 1. The van der Waals surface area contributed by atoms with E-state index in [9.17, 15) is 4.79 Å². The maximum atomic E-state index is 11.0. The number of aromatic carboxylic acids is 1. The van der Waals surface area contributed by atoms with Crippen LogP contribution in [-0.2, 0) is 25.2 Å². The summed E-state index contributed by atoms with van der Waals surface area (Å²) >= 11 is 1.77. The number of carboxylic acid groups (broad SMARTS) is 1. The molecule has 28 heavy (non-hydrogen) atoms. The average molecular weight is 393 g/mol. The van der Waals surface area contributed by atoms with E-state index in [1.54, 1.807) is 23.9 Å². The van der Waals surface area contributed by atoms with Gasteiger partial charge >= 0.3 is 5.97 Å². The summed E-state index contributed by atoms with van der Waals surface area (Å²) in [5.74, 6) is 0.933. The Labute approximate surface area is 170 Å². The molecule has 3 rings (SSSR count). The number of para-hydroxylation sites is 1. The molecule has 0 aromatic heterocycles. The zero-order valence-corrected chi connectivity index (χ0v) is 16.7. The second-order valence-electron chi connectivity index (χ2n) is 6.61. The van der Waals surface area contributed by atoms with Gasteiger partial charge in [-0.1, -0.05) is 60.7 Å². The second-order valence-corrected chi connectivity index (χ2v) is 7.48. The molecule has 144 valence electrons. The van der Waals surface area contributed by atoms with E-state index in [1.807, 2.05) is 18.2 Å². The van der Waals surface area contributed by atoms with Crippen molar-refractivity contribution >= 4 is 17.7 Å². The molecule has 3 aromatic carbocycles. The molecule has 0 spiro atoms.